The zero-order valence-electron chi connectivity index (χ0n) is 15.6. The van der Waals surface area contributed by atoms with Gasteiger partial charge < -0.3 is 19.3 Å². The van der Waals surface area contributed by atoms with Gasteiger partial charge in [0.2, 0.25) is 0 Å². The molecule has 0 unspecified atom stereocenters. The van der Waals surface area contributed by atoms with Crippen LogP contribution in [-0.4, -0.2) is 66.5 Å². The molecule has 0 radical (unpaired) electrons. The molecular weight excluding hydrogens is 356 g/mol. The van der Waals surface area contributed by atoms with Crippen molar-refractivity contribution in [3.63, 3.8) is 0 Å². The van der Waals surface area contributed by atoms with E-state index in [9.17, 15) is 4.79 Å². The van der Waals surface area contributed by atoms with E-state index in [4.69, 9.17) is 9.47 Å². The lowest BCUT2D eigenvalue weighted by Crippen LogP contribution is -2.51. The van der Waals surface area contributed by atoms with Crippen LogP contribution in [-0.2, 0) is 15.9 Å². The zero-order chi connectivity index (χ0) is 18.9. The Balaban J connectivity index is 1.29. The SMILES string of the molecule is O=C(OC1COC1)N1CCN(c2ccnc3c2C=C(c2cccnc2)C3)CC1. The molecule has 7 heteroatoms. The molecular formula is C21H22N4O3. The zero-order valence-corrected chi connectivity index (χ0v) is 15.6. The molecule has 2 aliphatic heterocycles. The molecule has 2 fully saturated rings. The summed E-state index contributed by atoms with van der Waals surface area (Å²) < 4.78 is 10.5. The number of amides is 1. The number of fused-ring (bicyclic) bond motifs is 1. The number of allylic oxidation sites excluding steroid dienone is 1. The Morgan fingerprint density at radius 3 is 2.71 bits per heavy atom. The number of nitrogens with zero attached hydrogens (tertiary/aromatic N) is 4. The summed E-state index contributed by atoms with van der Waals surface area (Å²) in [6, 6.07) is 6.12. The van der Waals surface area contributed by atoms with Crippen LogP contribution in [0.15, 0.2) is 36.8 Å². The first-order valence-corrected chi connectivity index (χ1v) is 9.65. The first-order valence-electron chi connectivity index (χ1n) is 9.65. The first-order chi connectivity index (χ1) is 13.8. The van der Waals surface area contributed by atoms with E-state index in [1.807, 2.05) is 18.5 Å². The number of hydrogen-bond acceptors (Lipinski definition) is 6. The molecule has 0 atom stereocenters. The van der Waals surface area contributed by atoms with Gasteiger partial charge in [-0.25, -0.2) is 4.79 Å². The average molecular weight is 378 g/mol. The number of ether oxygens (including phenoxy) is 2. The van der Waals surface area contributed by atoms with Gasteiger partial charge in [-0.2, -0.15) is 0 Å². The molecule has 2 aromatic heterocycles. The number of hydrogen-bond donors (Lipinski definition) is 0. The second-order valence-corrected chi connectivity index (χ2v) is 7.30. The van der Waals surface area contributed by atoms with Gasteiger partial charge in [0.05, 0.1) is 18.9 Å². The summed E-state index contributed by atoms with van der Waals surface area (Å²) in [6.45, 7) is 3.90. The number of carbonyl (C=O) groups is 1. The van der Waals surface area contributed by atoms with E-state index in [1.165, 1.54) is 16.8 Å². The van der Waals surface area contributed by atoms with E-state index in [-0.39, 0.29) is 12.2 Å². The molecule has 0 aromatic carbocycles. The monoisotopic (exact) mass is 378 g/mol. The molecule has 0 bridgehead atoms. The quantitative estimate of drug-likeness (QED) is 0.816. The first kappa shape index (κ1) is 17.2. The fourth-order valence-electron chi connectivity index (χ4n) is 3.85. The Labute approximate surface area is 163 Å². The third kappa shape index (κ3) is 3.22. The minimum Gasteiger partial charge on any atom is -0.441 e. The van der Waals surface area contributed by atoms with Crippen molar-refractivity contribution in [2.75, 3.05) is 44.3 Å². The van der Waals surface area contributed by atoms with Crippen molar-refractivity contribution in [1.29, 1.82) is 0 Å². The summed E-state index contributed by atoms with van der Waals surface area (Å²) in [5.74, 6) is 0. The van der Waals surface area contributed by atoms with Crippen LogP contribution in [0, 0.1) is 0 Å². The standard InChI is InChI=1S/C21H22N4O3/c26-21(28-17-13-27-14-17)25-8-6-24(7-9-25)20-3-5-23-19-11-16(10-18(19)20)15-2-1-4-22-12-15/h1-5,10,12,17H,6-9,11,13-14H2. The summed E-state index contributed by atoms with van der Waals surface area (Å²) in [6.07, 6.45) is 8.31. The lowest BCUT2D eigenvalue weighted by atomic mass is 10.1. The summed E-state index contributed by atoms with van der Waals surface area (Å²) in [5.41, 5.74) is 5.85. The predicted molar refractivity (Wildman–Crippen MR) is 105 cm³/mol. The van der Waals surface area contributed by atoms with Gasteiger partial charge in [0.15, 0.2) is 6.10 Å². The predicted octanol–water partition coefficient (Wildman–Crippen LogP) is 2.23. The van der Waals surface area contributed by atoms with Crippen LogP contribution in [0.25, 0.3) is 11.6 Å². The van der Waals surface area contributed by atoms with Crippen LogP contribution in [0.4, 0.5) is 10.5 Å². The van der Waals surface area contributed by atoms with Crippen molar-refractivity contribution in [3.05, 3.63) is 53.6 Å². The molecule has 3 aliphatic rings. The Morgan fingerprint density at radius 1 is 1.14 bits per heavy atom. The molecule has 5 rings (SSSR count). The fraction of sp³-hybridized carbons (Fsp3) is 0.381. The molecule has 144 valence electrons. The molecule has 0 spiro atoms. The van der Waals surface area contributed by atoms with E-state index >= 15 is 0 Å². The number of anilines is 1. The molecule has 1 amide bonds. The van der Waals surface area contributed by atoms with Crippen LogP contribution < -0.4 is 4.90 Å². The minimum absolute atomic E-state index is 0.0787. The van der Waals surface area contributed by atoms with E-state index in [0.29, 0.717) is 26.3 Å². The second-order valence-electron chi connectivity index (χ2n) is 7.30. The Morgan fingerprint density at radius 2 is 2.00 bits per heavy atom. The maximum absolute atomic E-state index is 12.2. The van der Waals surface area contributed by atoms with Crippen molar-refractivity contribution in [1.82, 2.24) is 14.9 Å². The highest BCUT2D eigenvalue weighted by Gasteiger charge is 2.29. The molecule has 2 aromatic rings. The highest BCUT2D eigenvalue weighted by atomic mass is 16.6. The molecule has 28 heavy (non-hydrogen) atoms. The Hall–Kier alpha value is -2.93. The van der Waals surface area contributed by atoms with Gasteiger partial charge in [0.1, 0.15) is 0 Å². The van der Waals surface area contributed by atoms with Gasteiger partial charge in [0.25, 0.3) is 0 Å². The molecule has 0 N–H and O–H groups in total. The molecule has 2 saturated heterocycles. The normalized spacial score (nSPS) is 19.1. The number of aromatic nitrogens is 2. The smallest absolute Gasteiger partial charge is 0.410 e. The summed E-state index contributed by atoms with van der Waals surface area (Å²) in [7, 11) is 0. The number of pyridine rings is 2. The topological polar surface area (TPSA) is 67.8 Å². The van der Waals surface area contributed by atoms with Gasteiger partial charge in [-0.1, -0.05) is 6.07 Å². The molecule has 1 aliphatic carbocycles. The third-order valence-electron chi connectivity index (χ3n) is 5.51. The molecule has 0 saturated carbocycles. The van der Waals surface area contributed by atoms with Gasteiger partial charge in [0, 0.05) is 62.4 Å². The van der Waals surface area contributed by atoms with Crippen molar-refractivity contribution in [2.45, 2.75) is 12.5 Å². The van der Waals surface area contributed by atoms with Crippen molar-refractivity contribution in [3.8, 4) is 0 Å². The van der Waals surface area contributed by atoms with Gasteiger partial charge in [-0.15, -0.1) is 0 Å². The van der Waals surface area contributed by atoms with Crippen LogP contribution in [0.2, 0.25) is 0 Å². The van der Waals surface area contributed by atoms with Crippen molar-refractivity contribution >= 4 is 23.4 Å². The largest absolute Gasteiger partial charge is 0.441 e. The average Bonchev–Trinajstić information content (AvgIpc) is 3.16. The fourth-order valence-corrected chi connectivity index (χ4v) is 3.85. The third-order valence-corrected chi connectivity index (χ3v) is 5.51. The number of carbonyl (C=O) groups excluding carboxylic acids is 1. The van der Waals surface area contributed by atoms with Crippen LogP contribution in [0.5, 0.6) is 0 Å². The highest BCUT2D eigenvalue weighted by Crippen LogP contribution is 2.36. The second kappa shape index (κ2) is 7.24. The molecule has 7 nitrogen and oxygen atoms in total. The van der Waals surface area contributed by atoms with E-state index in [2.05, 4.69) is 33.1 Å². The van der Waals surface area contributed by atoms with E-state index in [0.717, 1.165) is 30.8 Å². The summed E-state index contributed by atoms with van der Waals surface area (Å²) >= 11 is 0. The van der Waals surface area contributed by atoms with E-state index in [1.54, 1.807) is 11.1 Å². The minimum atomic E-state index is -0.230. The molecule has 4 heterocycles. The van der Waals surface area contributed by atoms with E-state index < -0.39 is 0 Å². The van der Waals surface area contributed by atoms with Crippen molar-refractivity contribution < 1.29 is 14.3 Å². The van der Waals surface area contributed by atoms with Crippen LogP contribution in [0.3, 0.4) is 0 Å². The highest BCUT2D eigenvalue weighted by molar-refractivity contribution is 5.91. The van der Waals surface area contributed by atoms with Gasteiger partial charge >= 0.3 is 6.09 Å². The number of rotatable bonds is 3. The Kier molecular flexibility index (Phi) is 4.44. The van der Waals surface area contributed by atoms with Crippen molar-refractivity contribution in [2.24, 2.45) is 0 Å². The maximum atomic E-state index is 12.2. The Bertz CT molecular complexity index is 903. The van der Waals surface area contributed by atoms with Gasteiger partial charge in [-0.05, 0) is 29.3 Å². The van der Waals surface area contributed by atoms with Gasteiger partial charge in [-0.3, -0.25) is 9.97 Å². The lowest BCUT2D eigenvalue weighted by molar-refractivity contribution is -0.104. The lowest BCUT2D eigenvalue weighted by Gasteiger charge is -2.37. The number of piperazine rings is 1. The maximum Gasteiger partial charge on any atom is 0.410 e. The summed E-state index contributed by atoms with van der Waals surface area (Å²) in [4.78, 5) is 25.2. The van der Waals surface area contributed by atoms with Crippen LogP contribution >= 0.6 is 0 Å². The van der Waals surface area contributed by atoms with Crippen LogP contribution in [0.1, 0.15) is 16.8 Å². The summed E-state index contributed by atoms with van der Waals surface area (Å²) in [5, 5.41) is 0.